The summed E-state index contributed by atoms with van der Waals surface area (Å²) in [6.07, 6.45) is 0. The lowest BCUT2D eigenvalue weighted by Gasteiger charge is -2.04. The molecule has 24 heavy (non-hydrogen) atoms. The molecule has 0 amide bonds. The van der Waals surface area contributed by atoms with Crippen LogP contribution in [0.5, 0.6) is 0 Å². The summed E-state index contributed by atoms with van der Waals surface area (Å²) in [6.45, 7) is 8.00. The molecule has 0 N–H and O–H groups in total. The molecular weight excluding hydrogens is 292 g/mol. The Kier molecular flexibility index (Phi) is 6.44. The van der Waals surface area contributed by atoms with Gasteiger partial charge in [-0.3, -0.25) is 0 Å². The van der Waals surface area contributed by atoms with Gasteiger partial charge in [-0.05, 0) is 24.3 Å². The second-order valence-corrected chi connectivity index (χ2v) is 4.78. The molecule has 2 nitrogen and oxygen atoms in total. The minimum absolute atomic E-state index is 0.912. The molecule has 2 heterocycles. The van der Waals surface area contributed by atoms with Gasteiger partial charge >= 0.3 is 0 Å². The van der Waals surface area contributed by atoms with E-state index in [4.69, 9.17) is 0 Å². The van der Waals surface area contributed by atoms with Gasteiger partial charge in [0.15, 0.2) is 0 Å². The maximum absolute atomic E-state index is 4.69. The van der Waals surface area contributed by atoms with Gasteiger partial charge in [-0.25, -0.2) is 9.97 Å². The number of para-hydroxylation sites is 2. The van der Waals surface area contributed by atoms with E-state index in [0.29, 0.717) is 0 Å². The van der Waals surface area contributed by atoms with Gasteiger partial charge in [0, 0.05) is 10.8 Å². The first-order chi connectivity index (χ1) is 11.9. The number of hydrogen-bond donors (Lipinski definition) is 0. The van der Waals surface area contributed by atoms with E-state index in [2.05, 4.69) is 34.2 Å². The highest BCUT2D eigenvalue weighted by atomic mass is 14.8. The molecule has 0 aliphatic rings. The minimum Gasteiger partial charge on any atom is -0.246 e. The Hall–Kier alpha value is -2.74. The third kappa shape index (κ3) is 3.77. The number of hydrogen-bond acceptors (Lipinski definition) is 2. The van der Waals surface area contributed by atoms with Crippen molar-refractivity contribution < 1.29 is 0 Å². The van der Waals surface area contributed by atoms with Gasteiger partial charge in [-0.15, -0.1) is 0 Å². The predicted molar refractivity (Wildman–Crippen MR) is 105 cm³/mol. The van der Waals surface area contributed by atoms with Crippen molar-refractivity contribution in [3.63, 3.8) is 0 Å². The smallest absolute Gasteiger partial charge is 0.0894 e. The van der Waals surface area contributed by atoms with Crippen LogP contribution in [0.1, 0.15) is 27.7 Å². The lowest BCUT2D eigenvalue weighted by atomic mass is 10.1. The zero-order valence-electron chi connectivity index (χ0n) is 14.8. The van der Waals surface area contributed by atoms with Crippen LogP contribution in [0, 0.1) is 0 Å². The Balaban J connectivity index is 0.000000487. The molecule has 2 heteroatoms. The maximum atomic E-state index is 4.69. The SMILES string of the molecule is CC.CC.c1ccc2nc(-c3ccc4ccccc4n3)ccc2c1. The van der Waals surface area contributed by atoms with Crippen molar-refractivity contribution in [2.24, 2.45) is 0 Å². The van der Waals surface area contributed by atoms with Gasteiger partial charge in [-0.2, -0.15) is 0 Å². The third-order valence-electron chi connectivity index (χ3n) is 3.46. The summed E-state index contributed by atoms with van der Waals surface area (Å²) < 4.78 is 0. The van der Waals surface area contributed by atoms with Gasteiger partial charge in [0.25, 0.3) is 0 Å². The lowest BCUT2D eigenvalue weighted by molar-refractivity contribution is 1.32. The minimum atomic E-state index is 0.912. The van der Waals surface area contributed by atoms with Gasteiger partial charge in [0.05, 0.1) is 22.4 Å². The van der Waals surface area contributed by atoms with Crippen molar-refractivity contribution in [2.75, 3.05) is 0 Å². The van der Waals surface area contributed by atoms with Gasteiger partial charge in [0.1, 0.15) is 0 Å². The van der Waals surface area contributed by atoms with Crippen LogP contribution in [0.3, 0.4) is 0 Å². The molecule has 4 aromatic rings. The summed E-state index contributed by atoms with van der Waals surface area (Å²) >= 11 is 0. The molecule has 0 unspecified atom stereocenters. The van der Waals surface area contributed by atoms with Gasteiger partial charge < -0.3 is 0 Å². The second kappa shape index (κ2) is 8.78. The second-order valence-electron chi connectivity index (χ2n) is 4.78. The molecule has 2 aromatic carbocycles. The standard InChI is InChI=1S/C18H12N2.2C2H6/c1-3-7-15-13(5-1)9-11-17(19-15)18-12-10-14-6-2-4-8-16(14)20-18;2*1-2/h1-12H;2*1-2H3. The average Bonchev–Trinajstić information content (AvgIpc) is 2.70. The molecule has 0 aliphatic heterocycles. The first-order valence-corrected chi connectivity index (χ1v) is 8.62. The van der Waals surface area contributed by atoms with E-state index in [9.17, 15) is 0 Å². The van der Waals surface area contributed by atoms with E-state index >= 15 is 0 Å². The molecular formula is C22H24N2. The van der Waals surface area contributed by atoms with Crippen LogP contribution in [-0.2, 0) is 0 Å². The Morgan fingerprint density at radius 3 is 1.25 bits per heavy atom. The Morgan fingerprint density at radius 1 is 0.458 bits per heavy atom. The van der Waals surface area contributed by atoms with Crippen LogP contribution in [-0.4, -0.2) is 9.97 Å². The molecule has 0 spiro atoms. The molecule has 0 bridgehead atoms. The Labute approximate surface area is 144 Å². The maximum Gasteiger partial charge on any atom is 0.0894 e. The van der Waals surface area contributed by atoms with Gasteiger partial charge in [-0.1, -0.05) is 76.2 Å². The van der Waals surface area contributed by atoms with Crippen molar-refractivity contribution in [1.29, 1.82) is 0 Å². The van der Waals surface area contributed by atoms with Crippen molar-refractivity contribution >= 4 is 21.8 Å². The highest BCUT2D eigenvalue weighted by Crippen LogP contribution is 2.21. The summed E-state index contributed by atoms with van der Waals surface area (Å²) in [5, 5.41) is 2.30. The van der Waals surface area contributed by atoms with E-state index in [0.717, 1.165) is 33.2 Å². The normalized spacial score (nSPS) is 9.67. The Morgan fingerprint density at radius 2 is 0.833 bits per heavy atom. The average molecular weight is 316 g/mol. The number of rotatable bonds is 1. The van der Waals surface area contributed by atoms with Crippen molar-refractivity contribution in [2.45, 2.75) is 27.7 Å². The third-order valence-corrected chi connectivity index (χ3v) is 3.46. The van der Waals surface area contributed by atoms with Crippen LogP contribution in [0.2, 0.25) is 0 Å². The predicted octanol–water partition coefficient (Wildman–Crippen LogP) is 6.50. The summed E-state index contributed by atoms with van der Waals surface area (Å²) in [5.74, 6) is 0. The molecule has 0 fully saturated rings. The monoisotopic (exact) mass is 316 g/mol. The van der Waals surface area contributed by atoms with Crippen LogP contribution >= 0.6 is 0 Å². The summed E-state index contributed by atoms with van der Waals surface area (Å²) in [4.78, 5) is 9.38. The van der Waals surface area contributed by atoms with Crippen molar-refractivity contribution in [3.8, 4) is 11.4 Å². The Bertz CT molecular complexity index is 836. The highest BCUT2D eigenvalue weighted by molar-refractivity contribution is 5.83. The zero-order chi connectivity index (χ0) is 17.4. The van der Waals surface area contributed by atoms with E-state index in [1.807, 2.05) is 76.2 Å². The van der Waals surface area contributed by atoms with Crippen molar-refractivity contribution in [1.82, 2.24) is 9.97 Å². The van der Waals surface area contributed by atoms with E-state index < -0.39 is 0 Å². The molecule has 122 valence electrons. The number of benzene rings is 2. The number of pyridine rings is 2. The van der Waals surface area contributed by atoms with Crippen LogP contribution in [0.25, 0.3) is 33.2 Å². The fraction of sp³-hybridized carbons (Fsp3) is 0.182. The van der Waals surface area contributed by atoms with E-state index in [-0.39, 0.29) is 0 Å². The summed E-state index contributed by atoms with van der Waals surface area (Å²) in [7, 11) is 0. The molecule has 0 radical (unpaired) electrons. The molecule has 4 rings (SSSR count). The summed E-state index contributed by atoms with van der Waals surface area (Å²) in [5.41, 5.74) is 3.82. The molecule has 2 aromatic heterocycles. The first-order valence-electron chi connectivity index (χ1n) is 8.62. The fourth-order valence-corrected chi connectivity index (χ4v) is 2.42. The quantitative estimate of drug-likeness (QED) is 0.400. The van der Waals surface area contributed by atoms with Crippen LogP contribution < -0.4 is 0 Å². The van der Waals surface area contributed by atoms with Gasteiger partial charge in [0.2, 0.25) is 0 Å². The topological polar surface area (TPSA) is 25.8 Å². The zero-order valence-corrected chi connectivity index (χ0v) is 14.8. The van der Waals surface area contributed by atoms with Crippen LogP contribution in [0.15, 0.2) is 72.8 Å². The highest BCUT2D eigenvalue weighted by Gasteiger charge is 2.03. The molecule has 0 aliphatic carbocycles. The van der Waals surface area contributed by atoms with E-state index in [1.165, 1.54) is 0 Å². The molecule has 0 atom stereocenters. The molecule has 0 saturated carbocycles. The fourth-order valence-electron chi connectivity index (χ4n) is 2.42. The summed E-state index contributed by atoms with van der Waals surface area (Å²) in [6, 6.07) is 24.5. The number of fused-ring (bicyclic) bond motifs is 2. The van der Waals surface area contributed by atoms with E-state index in [1.54, 1.807) is 0 Å². The van der Waals surface area contributed by atoms with Crippen LogP contribution in [0.4, 0.5) is 0 Å². The first kappa shape index (κ1) is 17.6. The number of nitrogens with zero attached hydrogens (tertiary/aromatic N) is 2. The van der Waals surface area contributed by atoms with Crippen molar-refractivity contribution in [3.05, 3.63) is 72.8 Å². The molecule has 0 saturated heterocycles. The number of aromatic nitrogens is 2. The lowest BCUT2D eigenvalue weighted by Crippen LogP contribution is -1.89. The largest absolute Gasteiger partial charge is 0.246 e.